The monoisotopic (exact) mass is 569 g/mol. The Labute approximate surface area is 247 Å². The van der Waals surface area contributed by atoms with Crippen LogP contribution in [0.5, 0.6) is 0 Å². The van der Waals surface area contributed by atoms with Gasteiger partial charge in [-0.1, -0.05) is 24.3 Å². The van der Waals surface area contributed by atoms with Gasteiger partial charge in [-0.3, -0.25) is 14.3 Å². The van der Waals surface area contributed by atoms with Crippen LogP contribution in [0.15, 0.2) is 66.9 Å². The van der Waals surface area contributed by atoms with Crippen molar-refractivity contribution in [1.29, 1.82) is 0 Å². The third-order valence-corrected chi connectivity index (χ3v) is 8.05. The summed E-state index contributed by atoms with van der Waals surface area (Å²) < 4.78 is 21.0. The van der Waals surface area contributed by atoms with Gasteiger partial charge in [0.1, 0.15) is 5.82 Å². The molecule has 1 amide bonds. The number of Topliss-reactive ketones (excluding diaryl/α,β-unsaturated/α-hetero) is 1. The van der Waals surface area contributed by atoms with Gasteiger partial charge in [0, 0.05) is 55.4 Å². The van der Waals surface area contributed by atoms with Gasteiger partial charge in [0.15, 0.2) is 5.78 Å². The number of carbonyl (C=O) groups excluding carboxylic acids is 2. The first-order chi connectivity index (χ1) is 20.1. The SMILES string of the molecule is Cc1c(C(=O)CCCOC(C)(C)C)ccc2nn(CC3CCN(C(=O)c4ccc(-c5ccc(F)cc5)cc4)CC3)cc12. The summed E-state index contributed by atoms with van der Waals surface area (Å²) in [6.07, 6.45) is 5.05. The highest BCUT2D eigenvalue weighted by molar-refractivity contribution is 6.01. The number of piperidine rings is 1. The summed E-state index contributed by atoms with van der Waals surface area (Å²) in [5.41, 5.74) is 4.98. The van der Waals surface area contributed by atoms with E-state index in [-0.39, 0.29) is 23.1 Å². The van der Waals surface area contributed by atoms with Crippen molar-refractivity contribution in [1.82, 2.24) is 14.7 Å². The second kappa shape index (κ2) is 12.6. The summed E-state index contributed by atoms with van der Waals surface area (Å²) in [6, 6.07) is 17.7. The highest BCUT2D eigenvalue weighted by Gasteiger charge is 2.24. The van der Waals surface area contributed by atoms with Gasteiger partial charge in [0.05, 0.1) is 11.1 Å². The molecule has 220 valence electrons. The van der Waals surface area contributed by atoms with Crippen LogP contribution >= 0.6 is 0 Å². The molecule has 1 aliphatic rings. The van der Waals surface area contributed by atoms with E-state index in [9.17, 15) is 14.0 Å². The lowest BCUT2D eigenvalue weighted by atomic mass is 9.96. The smallest absolute Gasteiger partial charge is 0.253 e. The summed E-state index contributed by atoms with van der Waals surface area (Å²) in [4.78, 5) is 28.0. The molecule has 0 N–H and O–H groups in total. The van der Waals surface area contributed by atoms with Gasteiger partial charge in [0.25, 0.3) is 5.91 Å². The molecule has 0 unspecified atom stereocenters. The van der Waals surface area contributed by atoms with Gasteiger partial charge >= 0.3 is 0 Å². The predicted molar refractivity (Wildman–Crippen MR) is 164 cm³/mol. The van der Waals surface area contributed by atoms with E-state index in [1.165, 1.54) is 12.1 Å². The molecule has 0 radical (unpaired) electrons. The van der Waals surface area contributed by atoms with Crippen LogP contribution in [0.4, 0.5) is 4.39 Å². The van der Waals surface area contributed by atoms with E-state index in [2.05, 4.69) is 6.20 Å². The van der Waals surface area contributed by atoms with Crippen LogP contribution in [0.1, 0.15) is 72.7 Å². The van der Waals surface area contributed by atoms with E-state index in [1.54, 1.807) is 12.1 Å². The fourth-order valence-electron chi connectivity index (χ4n) is 5.64. The molecule has 4 aromatic rings. The highest BCUT2D eigenvalue weighted by atomic mass is 19.1. The molecule has 6 nitrogen and oxygen atoms in total. The van der Waals surface area contributed by atoms with Crippen molar-refractivity contribution in [2.75, 3.05) is 19.7 Å². The summed E-state index contributed by atoms with van der Waals surface area (Å²) in [5, 5.41) is 5.81. The highest BCUT2D eigenvalue weighted by Crippen LogP contribution is 2.26. The zero-order valence-electron chi connectivity index (χ0n) is 25.0. The minimum absolute atomic E-state index is 0.0433. The number of benzene rings is 3. The number of halogens is 1. The summed E-state index contributed by atoms with van der Waals surface area (Å²) in [6.45, 7) is 10.8. The number of amides is 1. The van der Waals surface area contributed by atoms with Crippen LogP contribution in [0.3, 0.4) is 0 Å². The number of ether oxygens (including phenoxy) is 1. The first kappa shape index (κ1) is 29.6. The Morgan fingerprint density at radius 1 is 0.952 bits per heavy atom. The van der Waals surface area contributed by atoms with Crippen LogP contribution in [-0.2, 0) is 11.3 Å². The number of hydrogen-bond acceptors (Lipinski definition) is 4. The number of aryl methyl sites for hydroxylation is 1. The number of ketones is 1. The largest absolute Gasteiger partial charge is 0.376 e. The summed E-state index contributed by atoms with van der Waals surface area (Å²) in [7, 11) is 0. The Kier molecular flexibility index (Phi) is 8.88. The quantitative estimate of drug-likeness (QED) is 0.155. The zero-order chi connectivity index (χ0) is 29.9. The second-order valence-corrected chi connectivity index (χ2v) is 12.3. The standard InChI is InChI=1S/C35H40FN3O3/c1-24-30(33(40)6-5-21-42-35(2,3)4)15-16-32-31(24)23-39(37-32)22-25-17-19-38(20-18-25)34(41)28-9-7-26(8-10-28)27-11-13-29(36)14-12-27/h7-16,23,25H,5-6,17-22H2,1-4H3. The number of fused-ring (bicyclic) bond motifs is 1. The van der Waals surface area contributed by atoms with Crippen molar-refractivity contribution in [2.45, 2.75) is 65.5 Å². The normalized spacial score (nSPS) is 14.5. The number of likely N-dealkylation sites (tertiary alicyclic amines) is 1. The third kappa shape index (κ3) is 7.13. The molecule has 5 rings (SSSR count). The molecular formula is C35H40FN3O3. The number of rotatable bonds is 9. The molecular weight excluding hydrogens is 529 g/mol. The maximum absolute atomic E-state index is 13.2. The number of carbonyl (C=O) groups is 2. The summed E-state index contributed by atoms with van der Waals surface area (Å²) in [5.74, 6) is 0.344. The molecule has 0 atom stereocenters. The van der Waals surface area contributed by atoms with Crippen LogP contribution in [0.25, 0.3) is 22.0 Å². The van der Waals surface area contributed by atoms with Crippen LogP contribution in [-0.4, -0.2) is 51.7 Å². The van der Waals surface area contributed by atoms with Gasteiger partial charge < -0.3 is 9.64 Å². The van der Waals surface area contributed by atoms with E-state index in [4.69, 9.17) is 9.84 Å². The number of aromatic nitrogens is 2. The van der Waals surface area contributed by atoms with Gasteiger partial charge in [-0.05, 0) is 106 Å². The Morgan fingerprint density at radius 2 is 1.60 bits per heavy atom. The molecule has 0 aliphatic carbocycles. The number of nitrogens with zero attached hydrogens (tertiary/aromatic N) is 3. The van der Waals surface area contributed by atoms with E-state index in [0.717, 1.165) is 52.5 Å². The number of hydrogen-bond donors (Lipinski definition) is 0. The molecule has 0 bridgehead atoms. The molecule has 0 saturated carbocycles. The van der Waals surface area contributed by atoms with Gasteiger partial charge in [-0.2, -0.15) is 5.10 Å². The second-order valence-electron chi connectivity index (χ2n) is 12.3. The minimum Gasteiger partial charge on any atom is -0.376 e. The van der Waals surface area contributed by atoms with Crippen molar-refractivity contribution in [3.05, 3.63) is 89.4 Å². The lowest BCUT2D eigenvalue weighted by molar-refractivity contribution is -0.00430. The third-order valence-electron chi connectivity index (χ3n) is 8.05. The van der Waals surface area contributed by atoms with Gasteiger partial charge in [-0.15, -0.1) is 0 Å². The van der Waals surface area contributed by atoms with Gasteiger partial charge in [0.2, 0.25) is 0 Å². The molecule has 2 heterocycles. The Balaban J connectivity index is 1.15. The van der Waals surface area contributed by atoms with E-state index in [0.29, 0.717) is 44.0 Å². The minimum atomic E-state index is -0.264. The summed E-state index contributed by atoms with van der Waals surface area (Å²) >= 11 is 0. The van der Waals surface area contributed by atoms with Crippen molar-refractivity contribution >= 4 is 22.6 Å². The Bertz CT molecular complexity index is 1540. The zero-order valence-corrected chi connectivity index (χ0v) is 25.0. The molecule has 42 heavy (non-hydrogen) atoms. The molecule has 1 aliphatic heterocycles. The van der Waals surface area contributed by atoms with Crippen LogP contribution in [0, 0.1) is 18.7 Å². The molecule has 0 spiro atoms. The first-order valence-electron chi connectivity index (χ1n) is 14.9. The fraction of sp³-hybridized carbons (Fsp3) is 0.400. The fourth-order valence-corrected chi connectivity index (χ4v) is 5.64. The van der Waals surface area contributed by atoms with E-state index in [1.807, 2.05) is 73.7 Å². The Morgan fingerprint density at radius 3 is 2.24 bits per heavy atom. The van der Waals surface area contributed by atoms with Crippen molar-refractivity contribution in [3.8, 4) is 11.1 Å². The topological polar surface area (TPSA) is 64.4 Å². The predicted octanol–water partition coefficient (Wildman–Crippen LogP) is 7.48. The molecule has 1 fully saturated rings. The maximum atomic E-state index is 13.2. The lowest BCUT2D eigenvalue weighted by Crippen LogP contribution is -2.39. The van der Waals surface area contributed by atoms with Crippen LogP contribution in [0.2, 0.25) is 0 Å². The van der Waals surface area contributed by atoms with Gasteiger partial charge in [-0.25, -0.2) is 4.39 Å². The first-order valence-corrected chi connectivity index (χ1v) is 14.9. The van der Waals surface area contributed by atoms with E-state index < -0.39 is 0 Å². The molecule has 7 heteroatoms. The van der Waals surface area contributed by atoms with Crippen molar-refractivity contribution < 1.29 is 18.7 Å². The Hall–Kier alpha value is -3.84. The van der Waals surface area contributed by atoms with E-state index >= 15 is 0 Å². The molecule has 1 saturated heterocycles. The average Bonchev–Trinajstić information content (AvgIpc) is 3.39. The molecule has 3 aromatic carbocycles. The van der Waals surface area contributed by atoms with Crippen LogP contribution < -0.4 is 0 Å². The van der Waals surface area contributed by atoms with Crippen molar-refractivity contribution in [2.24, 2.45) is 5.92 Å². The maximum Gasteiger partial charge on any atom is 0.253 e. The lowest BCUT2D eigenvalue weighted by Gasteiger charge is -2.32. The van der Waals surface area contributed by atoms with Crippen molar-refractivity contribution in [3.63, 3.8) is 0 Å². The average molecular weight is 570 g/mol. The molecule has 1 aromatic heterocycles.